The minimum Gasteiger partial charge on any atom is -0.494 e. The molecular formula is C23H32ClNO7. The summed E-state index contributed by atoms with van der Waals surface area (Å²) in [6.45, 7) is 0.524. The highest BCUT2D eigenvalue weighted by Gasteiger charge is 2.44. The molecule has 1 aromatic heterocycles. The summed E-state index contributed by atoms with van der Waals surface area (Å²) >= 11 is 5.90. The third-order valence-corrected chi connectivity index (χ3v) is 5.80. The smallest absolute Gasteiger partial charge is 0.184 e. The summed E-state index contributed by atoms with van der Waals surface area (Å²) in [4.78, 5) is 4.26. The molecule has 2 aromatic rings. The number of nitrogens with zero attached hydrogens (tertiary/aromatic N) is 1. The van der Waals surface area contributed by atoms with Gasteiger partial charge in [0.2, 0.25) is 0 Å². The Bertz CT molecular complexity index is 839. The second-order valence-electron chi connectivity index (χ2n) is 8.02. The number of aliphatic hydroxyl groups excluding tert-OH is 4. The average molecular weight is 470 g/mol. The number of benzene rings is 1. The van der Waals surface area contributed by atoms with Crippen LogP contribution in [0.3, 0.4) is 0 Å². The number of hydrogen-bond acceptors (Lipinski definition) is 8. The zero-order valence-electron chi connectivity index (χ0n) is 18.0. The molecule has 1 aliphatic rings. The first-order valence-electron chi connectivity index (χ1n) is 11.1. The van der Waals surface area contributed by atoms with Gasteiger partial charge in [0.05, 0.1) is 18.7 Å². The van der Waals surface area contributed by atoms with Crippen LogP contribution in [0.5, 0.6) is 5.75 Å². The van der Waals surface area contributed by atoms with Gasteiger partial charge in [-0.25, -0.2) is 4.98 Å². The van der Waals surface area contributed by atoms with Crippen molar-refractivity contribution >= 4 is 22.5 Å². The Morgan fingerprint density at radius 1 is 0.906 bits per heavy atom. The largest absolute Gasteiger partial charge is 0.494 e. The van der Waals surface area contributed by atoms with Crippen molar-refractivity contribution in [1.82, 2.24) is 4.98 Å². The summed E-state index contributed by atoms with van der Waals surface area (Å²) in [6.07, 6.45) is -0.0948. The molecule has 5 atom stereocenters. The number of ether oxygens (including phenoxy) is 3. The molecule has 32 heavy (non-hydrogen) atoms. The third kappa shape index (κ3) is 6.99. The normalized spacial score (nSPS) is 25.8. The number of pyridine rings is 1. The molecule has 1 saturated heterocycles. The molecule has 0 saturated carbocycles. The highest BCUT2D eigenvalue weighted by Crippen LogP contribution is 2.23. The van der Waals surface area contributed by atoms with Crippen molar-refractivity contribution in [2.45, 2.75) is 69.2 Å². The molecule has 4 N–H and O–H groups in total. The van der Waals surface area contributed by atoms with Gasteiger partial charge in [0.1, 0.15) is 35.3 Å². The van der Waals surface area contributed by atoms with Gasteiger partial charge in [0.15, 0.2) is 6.29 Å². The van der Waals surface area contributed by atoms with Gasteiger partial charge in [-0.05, 0) is 43.2 Å². The van der Waals surface area contributed by atoms with Crippen molar-refractivity contribution in [3.63, 3.8) is 0 Å². The number of fused-ring (bicyclic) bond motifs is 1. The van der Waals surface area contributed by atoms with Crippen LogP contribution in [0.4, 0.5) is 0 Å². The van der Waals surface area contributed by atoms with Crippen LogP contribution in [0, 0.1) is 0 Å². The van der Waals surface area contributed by atoms with Crippen LogP contribution in [-0.4, -0.2) is 75.9 Å². The van der Waals surface area contributed by atoms with Gasteiger partial charge in [-0.1, -0.05) is 37.3 Å². The molecule has 1 fully saturated rings. The first-order valence-corrected chi connectivity index (χ1v) is 11.5. The predicted octanol–water partition coefficient (Wildman–Crippen LogP) is 2.42. The van der Waals surface area contributed by atoms with Crippen LogP contribution in [-0.2, 0) is 9.47 Å². The van der Waals surface area contributed by atoms with E-state index >= 15 is 0 Å². The number of unbranched alkanes of at least 4 members (excludes halogenated alkanes) is 5. The van der Waals surface area contributed by atoms with Gasteiger partial charge < -0.3 is 34.6 Å². The maximum atomic E-state index is 10.0. The van der Waals surface area contributed by atoms with E-state index in [-0.39, 0.29) is 0 Å². The van der Waals surface area contributed by atoms with Crippen molar-refractivity contribution < 1.29 is 34.6 Å². The number of aromatic nitrogens is 1. The molecule has 0 bridgehead atoms. The first kappa shape index (κ1) is 25.1. The lowest BCUT2D eigenvalue weighted by Gasteiger charge is -2.39. The first-order chi connectivity index (χ1) is 15.5. The van der Waals surface area contributed by atoms with Gasteiger partial charge in [-0.2, -0.15) is 0 Å². The van der Waals surface area contributed by atoms with Crippen molar-refractivity contribution in [3.8, 4) is 5.75 Å². The zero-order chi connectivity index (χ0) is 22.9. The Morgan fingerprint density at radius 3 is 2.38 bits per heavy atom. The molecule has 0 aliphatic carbocycles. The monoisotopic (exact) mass is 469 g/mol. The van der Waals surface area contributed by atoms with Gasteiger partial charge in [-0.3, -0.25) is 0 Å². The highest BCUT2D eigenvalue weighted by atomic mass is 35.5. The highest BCUT2D eigenvalue weighted by molar-refractivity contribution is 6.29. The fraction of sp³-hybridized carbons (Fsp3) is 0.609. The van der Waals surface area contributed by atoms with E-state index in [1.54, 1.807) is 6.07 Å². The van der Waals surface area contributed by atoms with Gasteiger partial charge >= 0.3 is 0 Å². The summed E-state index contributed by atoms with van der Waals surface area (Å²) in [5.74, 6) is 0.824. The predicted molar refractivity (Wildman–Crippen MR) is 120 cm³/mol. The Morgan fingerprint density at radius 2 is 1.62 bits per heavy atom. The van der Waals surface area contributed by atoms with Gasteiger partial charge in [0, 0.05) is 12.0 Å². The second kappa shape index (κ2) is 12.6. The SMILES string of the molecule is OC[C@H]1OC(O)[C@H](OCCCCCCCCOc2ccc3nc(Cl)ccc3c2)[C@@H](O)[C@@H]1O. The van der Waals surface area contributed by atoms with E-state index < -0.39 is 37.3 Å². The molecule has 1 aromatic carbocycles. The molecule has 3 rings (SSSR count). The molecule has 9 heteroatoms. The van der Waals surface area contributed by atoms with E-state index in [9.17, 15) is 15.3 Å². The number of rotatable bonds is 12. The maximum absolute atomic E-state index is 10.0. The summed E-state index contributed by atoms with van der Waals surface area (Å²) in [6, 6.07) is 9.47. The summed E-state index contributed by atoms with van der Waals surface area (Å²) < 4.78 is 16.4. The third-order valence-electron chi connectivity index (χ3n) is 5.59. The Kier molecular flexibility index (Phi) is 9.92. The minimum absolute atomic E-state index is 0.351. The number of hydrogen-bond donors (Lipinski definition) is 4. The Labute approximate surface area is 192 Å². The molecule has 0 spiro atoms. The quantitative estimate of drug-likeness (QED) is 0.276. The zero-order valence-corrected chi connectivity index (χ0v) is 18.7. The fourth-order valence-corrected chi connectivity index (χ4v) is 3.90. The van der Waals surface area contributed by atoms with E-state index in [2.05, 4.69) is 4.98 Å². The van der Waals surface area contributed by atoms with E-state index in [1.807, 2.05) is 24.3 Å². The van der Waals surface area contributed by atoms with E-state index in [1.165, 1.54) is 0 Å². The molecular weight excluding hydrogens is 438 g/mol. The van der Waals surface area contributed by atoms with Crippen LogP contribution in [0.15, 0.2) is 30.3 Å². The molecule has 0 radical (unpaired) electrons. The topological polar surface area (TPSA) is 122 Å². The van der Waals surface area contributed by atoms with E-state index in [0.29, 0.717) is 18.4 Å². The summed E-state index contributed by atoms with van der Waals surface area (Å²) in [5.41, 5.74) is 0.847. The lowest BCUT2D eigenvalue weighted by molar-refractivity contribution is -0.296. The van der Waals surface area contributed by atoms with Crippen LogP contribution >= 0.6 is 11.6 Å². The van der Waals surface area contributed by atoms with Crippen LogP contribution in [0.1, 0.15) is 38.5 Å². The van der Waals surface area contributed by atoms with Crippen molar-refractivity contribution in [2.75, 3.05) is 19.8 Å². The molecule has 8 nitrogen and oxygen atoms in total. The minimum atomic E-state index is -1.37. The molecule has 1 aliphatic heterocycles. The van der Waals surface area contributed by atoms with Crippen LogP contribution in [0.25, 0.3) is 10.9 Å². The van der Waals surface area contributed by atoms with Gasteiger partial charge in [0.25, 0.3) is 0 Å². The molecule has 0 amide bonds. The Balaban J connectivity index is 1.22. The second-order valence-corrected chi connectivity index (χ2v) is 8.41. The van der Waals surface area contributed by atoms with E-state index in [0.717, 1.165) is 55.2 Å². The summed E-state index contributed by atoms with van der Waals surface area (Å²) in [7, 11) is 0. The molecule has 178 valence electrons. The number of halogens is 1. The van der Waals surface area contributed by atoms with Gasteiger partial charge in [-0.15, -0.1) is 0 Å². The lowest BCUT2D eigenvalue weighted by Crippen LogP contribution is -2.59. The van der Waals surface area contributed by atoms with Crippen LogP contribution < -0.4 is 4.74 Å². The van der Waals surface area contributed by atoms with Crippen molar-refractivity contribution in [1.29, 1.82) is 0 Å². The Hall–Kier alpha value is -1.52. The van der Waals surface area contributed by atoms with E-state index in [4.69, 9.17) is 30.9 Å². The lowest BCUT2D eigenvalue weighted by atomic mass is 9.99. The maximum Gasteiger partial charge on any atom is 0.184 e. The standard InChI is InChI=1S/C23H32ClNO7/c24-19-10-7-15-13-16(8-9-17(15)25-19)30-11-5-3-1-2-4-6-12-31-22-21(28)20(27)18(14-26)32-23(22)29/h7-10,13,18,20-23,26-29H,1-6,11-12,14H2/t18-,20-,21+,22-,23?/m1/s1. The van der Waals surface area contributed by atoms with Crippen molar-refractivity contribution in [3.05, 3.63) is 35.5 Å². The van der Waals surface area contributed by atoms with Crippen molar-refractivity contribution in [2.24, 2.45) is 0 Å². The average Bonchev–Trinajstić information content (AvgIpc) is 2.79. The van der Waals surface area contributed by atoms with Crippen LogP contribution in [0.2, 0.25) is 5.15 Å². The number of aliphatic hydroxyl groups is 4. The molecule has 2 heterocycles. The summed E-state index contributed by atoms with van der Waals surface area (Å²) in [5, 5.41) is 40.3. The molecule has 1 unspecified atom stereocenters. The fourth-order valence-electron chi connectivity index (χ4n) is 3.74.